The Morgan fingerprint density at radius 1 is 1.44 bits per heavy atom. The molecule has 1 aliphatic rings. The van der Waals surface area contributed by atoms with Crippen molar-refractivity contribution in [1.29, 1.82) is 0 Å². The van der Waals surface area contributed by atoms with E-state index >= 15 is 0 Å². The zero-order valence-electron chi connectivity index (χ0n) is 10.8. The summed E-state index contributed by atoms with van der Waals surface area (Å²) < 4.78 is 24.7. The van der Waals surface area contributed by atoms with E-state index in [0.29, 0.717) is 21.9 Å². The quantitative estimate of drug-likeness (QED) is 0.875. The maximum Gasteiger partial charge on any atom is 0.187 e. The summed E-state index contributed by atoms with van der Waals surface area (Å²) in [5, 5.41) is 5.30. The van der Waals surface area contributed by atoms with Crippen LogP contribution in [0.25, 0.3) is 0 Å². The van der Waals surface area contributed by atoms with E-state index in [1.165, 1.54) is 24.2 Å². The van der Waals surface area contributed by atoms with E-state index in [9.17, 15) is 8.42 Å². The Morgan fingerprint density at radius 3 is 2.94 bits per heavy atom. The highest BCUT2D eigenvalue weighted by Crippen LogP contribution is 2.30. The summed E-state index contributed by atoms with van der Waals surface area (Å²) in [4.78, 5) is 0. The normalized spacial score (nSPS) is 24.5. The molecule has 0 radical (unpaired) electrons. The largest absolute Gasteiger partial charge is 0.314 e. The van der Waals surface area contributed by atoms with Crippen LogP contribution in [0.2, 0.25) is 0 Å². The molecule has 0 spiro atoms. The lowest BCUT2D eigenvalue weighted by Gasteiger charge is -2.19. The van der Waals surface area contributed by atoms with Crippen molar-refractivity contribution >= 4 is 21.2 Å². The zero-order valence-corrected chi connectivity index (χ0v) is 12.4. The highest BCUT2D eigenvalue weighted by atomic mass is 32.2. The van der Waals surface area contributed by atoms with Gasteiger partial charge in [-0.3, -0.25) is 0 Å². The molecule has 3 nitrogen and oxygen atoms in total. The van der Waals surface area contributed by atoms with Crippen LogP contribution >= 0.6 is 11.3 Å². The van der Waals surface area contributed by atoms with Gasteiger partial charge in [0.15, 0.2) is 9.84 Å². The minimum Gasteiger partial charge on any atom is -0.314 e. The van der Waals surface area contributed by atoms with E-state index in [-0.39, 0.29) is 0 Å². The predicted molar refractivity (Wildman–Crippen MR) is 75.8 cm³/mol. The Morgan fingerprint density at radius 2 is 2.28 bits per heavy atom. The van der Waals surface area contributed by atoms with Crippen molar-refractivity contribution in [3.8, 4) is 0 Å². The number of rotatable bonds is 6. The fourth-order valence-corrected chi connectivity index (χ4v) is 5.31. The zero-order chi connectivity index (χ0) is 13.0. The maximum atomic E-state index is 12.1. The van der Waals surface area contributed by atoms with E-state index in [1.807, 2.05) is 5.38 Å². The molecule has 0 bridgehead atoms. The van der Waals surface area contributed by atoms with Crippen LogP contribution in [0.1, 0.15) is 32.6 Å². The third-order valence-corrected chi connectivity index (χ3v) is 6.92. The number of hydrogen-bond donors (Lipinski definition) is 1. The molecule has 5 heteroatoms. The van der Waals surface area contributed by atoms with Crippen LogP contribution in [-0.2, 0) is 9.84 Å². The Bertz CT molecular complexity index is 453. The van der Waals surface area contributed by atoms with Crippen molar-refractivity contribution < 1.29 is 8.42 Å². The van der Waals surface area contributed by atoms with E-state index in [4.69, 9.17) is 0 Å². The molecule has 1 aromatic rings. The lowest BCUT2D eigenvalue weighted by molar-refractivity contribution is 0.398. The Kier molecular flexibility index (Phi) is 4.81. The van der Waals surface area contributed by atoms with Crippen molar-refractivity contribution in [2.45, 2.75) is 42.9 Å². The summed E-state index contributed by atoms with van der Waals surface area (Å²) in [6, 6.07) is 4.03. The lowest BCUT2D eigenvalue weighted by atomic mass is 10.0. The summed E-state index contributed by atoms with van der Waals surface area (Å²) in [6.07, 6.45) is 4.37. The highest BCUT2D eigenvalue weighted by molar-refractivity contribution is 7.93. The second-order valence-corrected chi connectivity index (χ2v) is 8.18. The molecular formula is C13H21NO2S2. The van der Waals surface area contributed by atoms with Crippen LogP contribution in [0, 0.1) is 5.92 Å². The molecule has 102 valence electrons. The number of thiophene rings is 1. The number of sulfone groups is 1. The third kappa shape index (κ3) is 3.33. The molecule has 1 aliphatic carbocycles. The second-order valence-electron chi connectivity index (χ2n) is 4.89. The molecule has 0 aromatic carbocycles. The molecular weight excluding hydrogens is 266 g/mol. The second kappa shape index (κ2) is 6.17. The molecule has 0 amide bonds. The van der Waals surface area contributed by atoms with Crippen LogP contribution in [0.3, 0.4) is 0 Å². The van der Waals surface area contributed by atoms with Crippen molar-refractivity contribution in [3.63, 3.8) is 0 Å². The highest BCUT2D eigenvalue weighted by Gasteiger charge is 2.28. The van der Waals surface area contributed by atoms with E-state index in [1.54, 1.807) is 12.1 Å². The van der Waals surface area contributed by atoms with Gasteiger partial charge in [-0.05, 0) is 43.2 Å². The first-order valence-electron chi connectivity index (χ1n) is 6.63. The summed E-state index contributed by atoms with van der Waals surface area (Å²) in [7, 11) is -3.05. The molecule has 1 fully saturated rings. The van der Waals surface area contributed by atoms with E-state index in [0.717, 1.165) is 19.4 Å². The Labute approximate surface area is 114 Å². The predicted octanol–water partition coefficient (Wildman–Crippen LogP) is 2.69. The van der Waals surface area contributed by atoms with Gasteiger partial charge in [-0.15, -0.1) is 11.3 Å². The SMILES string of the molecule is CCNC1CCCC1CCS(=O)(=O)c1cccs1. The first kappa shape index (κ1) is 14.0. The molecule has 0 aliphatic heterocycles. The summed E-state index contributed by atoms with van der Waals surface area (Å²) in [6.45, 7) is 3.08. The Balaban J connectivity index is 1.91. The number of hydrogen-bond acceptors (Lipinski definition) is 4. The van der Waals surface area contributed by atoms with Gasteiger partial charge in [0.2, 0.25) is 0 Å². The maximum absolute atomic E-state index is 12.1. The van der Waals surface area contributed by atoms with Crippen molar-refractivity contribution in [2.75, 3.05) is 12.3 Å². The van der Waals surface area contributed by atoms with Crippen LogP contribution in [0.15, 0.2) is 21.7 Å². The summed E-state index contributed by atoms with van der Waals surface area (Å²) in [5.41, 5.74) is 0. The first-order valence-corrected chi connectivity index (χ1v) is 9.16. The average Bonchev–Trinajstić information content (AvgIpc) is 2.98. The van der Waals surface area contributed by atoms with Gasteiger partial charge in [0, 0.05) is 6.04 Å². The molecule has 18 heavy (non-hydrogen) atoms. The molecule has 1 saturated carbocycles. The van der Waals surface area contributed by atoms with Crippen LogP contribution in [0.4, 0.5) is 0 Å². The molecule has 1 N–H and O–H groups in total. The van der Waals surface area contributed by atoms with E-state index < -0.39 is 9.84 Å². The van der Waals surface area contributed by atoms with Crippen molar-refractivity contribution in [3.05, 3.63) is 17.5 Å². The van der Waals surface area contributed by atoms with Gasteiger partial charge >= 0.3 is 0 Å². The fraction of sp³-hybridized carbons (Fsp3) is 0.692. The smallest absolute Gasteiger partial charge is 0.187 e. The molecule has 0 saturated heterocycles. The molecule has 2 rings (SSSR count). The average molecular weight is 287 g/mol. The van der Waals surface area contributed by atoms with Crippen LogP contribution in [0.5, 0.6) is 0 Å². The summed E-state index contributed by atoms with van der Waals surface area (Å²) in [5.74, 6) is 0.819. The third-order valence-electron chi connectivity index (χ3n) is 3.68. The van der Waals surface area contributed by atoms with Gasteiger partial charge in [0.25, 0.3) is 0 Å². The molecule has 1 heterocycles. The molecule has 2 unspecified atom stereocenters. The minimum atomic E-state index is -3.05. The van der Waals surface area contributed by atoms with Gasteiger partial charge < -0.3 is 5.32 Å². The summed E-state index contributed by atoms with van der Waals surface area (Å²) >= 11 is 1.32. The first-order chi connectivity index (χ1) is 8.63. The van der Waals surface area contributed by atoms with Gasteiger partial charge in [-0.25, -0.2) is 8.42 Å². The topological polar surface area (TPSA) is 46.2 Å². The van der Waals surface area contributed by atoms with Crippen LogP contribution in [-0.4, -0.2) is 26.8 Å². The van der Waals surface area contributed by atoms with Crippen molar-refractivity contribution in [2.24, 2.45) is 5.92 Å². The molecule has 2 atom stereocenters. The van der Waals surface area contributed by atoms with Gasteiger partial charge in [-0.1, -0.05) is 19.4 Å². The monoisotopic (exact) mass is 287 g/mol. The lowest BCUT2D eigenvalue weighted by Crippen LogP contribution is -2.33. The fourth-order valence-electron chi connectivity index (χ4n) is 2.76. The van der Waals surface area contributed by atoms with Gasteiger partial charge in [0.05, 0.1) is 5.75 Å². The standard InChI is InChI=1S/C13H21NO2S2/c1-2-14-12-6-3-5-11(12)8-10-18(15,16)13-7-4-9-17-13/h4,7,9,11-12,14H,2-3,5-6,8,10H2,1H3. The molecule has 1 aromatic heterocycles. The van der Waals surface area contributed by atoms with Crippen molar-refractivity contribution in [1.82, 2.24) is 5.32 Å². The Hall–Kier alpha value is -0.390. The van der Waals surface area contributed by atoms with Crippen LogP contribution < -0.4 is 5.32 Å². The van der Waals surface area contributed by atoms with Gasteiger partial charge in [-0.2, -0.15) is 0 Å². The minimum absolute atomic E-state index is 0.292. The van der Waals surface area contributed by atoms with Gasteiger partial charge in [0.1, 0.15) is 4.21 Å². The van der Waals surface area contributed by atoms with E-state index in [2.05, 4.69) is 12.2 Å². The number of nitrogens with one attached hydrogen (secondary N) is 1.